The highest BCUT2D eigenvalue weighted by Crippen LogP contribution is 2.35. The molecule has 0 amide bonds. The van der Waals surface area contributed by atoms with Crippen LogP contribution in [0.4, 0.5) is 0 Å². The maximum absolute atomic E-state index is 6.06. The van der Waals surface area contributed by atoms with Gasteiger partial charge in [-0.25, -0.2) is 0 Å². The zero-order chi connectivity index (χ0) is 12.0. The number of piperidine rings is 1. The third kappa shape index (κ3) is 2.38. The molecule has 3 rings (SSSR count). The van der Waals surface area contributed by atoms with Gasteiger partial charge in [0.2, 0.25) is 0 Å². The molecular formula is C14H27N3. The number of rotatable bonds is 2. The summed E-state index contributed by atoms with van der Waals surface area (Å²) >= 11 is 0. The smallest absolute Gasteiger partial charge is 0.0241 e. The number of hydrogen-bond acceptors (Lipinski definition) is 3. The second kappa shape index (κ2) is 4.52. The summed E-state index contributed by atoms with van der Waals surface area (Å²) in [5, 5.41) is 0. The Morgan fingerprint density at radius 1 is 0.882 bits per heavy atom. The maximum Gasteiger partial charge on any atom is 0.0241 e. The molecule has 2 N–H and O–H groups in total. The van der Waals surface area contributed by atoms with Crippen molar-refractivity contribution in [1.29, 1.82) is 0 Å². The lowest BCUT2D eigenvalue weighted by Crippen LogP contribution is -2.51. The van der Waals surface area contributed by atoms with E-state index in [1.165, 1.54) is 45.2 Å². The van der Waals surface area contributed by atoms with Crippen LogP contribution in [0.3, 0.4) is 0 Å². The van der Waals surface area contributed by atoms with Gasteiger partial charge >= 0.3 is 0 Å². The molecule has 0 aromatic carbocycles. The van der Waals surface area contributed by atoms with E-state index < -0.39 is 0 Å². The Kier molecular flexibility index (Phi) is 3.18. The van der Waals surface area contributed by atoms with Gasteiger partial charge in [0.1, 0.15) is 0 Å². The van der Waals surface area contributed by atoms with Crippen LogP contribution in [-0.2, 0) is 0 Å². The lowest BCUT2D eigenvalue weighted by Gasteiger charge is -2.40. The first-order valence-electron chi connectivity index (χ1n) is 7.42. The van der Waals surface area contributed by atoms with Crippen LogP contribution >= 0.6 is 0 Å². The van der Waals surface area contributed by atoms with E-state index in [0.29, 0.717) is 12.1 Å². The minimum atomic E-state index is 0.444. The van der Waals surface area contributed by atoms with Crippen molar-refractivity contribution in [3.8, 4) is 0 Å². The molecule has 3 nitrogen and oxygen atoms in total. The van der Waals surface area contributed by atoms with Crippen molar-refractivity contribution in [2.75, 3.05) is 13.1 Å². The molecule has 1 saturated carbocycles. The monoisotopic (exact) mass is 237 g/mol. The summed E-state index contributed by atoms with van der Waals surface area (Å²) in [6.45, 7) is 7.31. The van der Waals surface area contributed by atoms with E-state index in [9.17, 15) is 0 Å². The van der Waals surface area contributed by atoms with Gasteiger partial charge in [0.05, 0.1) is 0 Å². The van der Waals surface area contributed by atoms with E-state index in [0.717, 1.165) is 18.1 Å². The minimum absolute atomic E-state index is 0.444. The van der Waals surface area contributed by atoms with Gasteiger partial charge in [0.15, 0.2) is 0 Å². The average molecular weight is 237 g/mol. The lowest BCUT2D eigenvalue weighted by atomic mass is 9.96. The molecule has 0 aromatic heterocycles. The van der Waals surface area contributed by atoms with E-state index >= 15 is 0 Å². The molecule has 0 bridgehead atoms. The predicted molar refractivity (Wildman–Crippen MR) is 71.0 cm³/mol. The van der Waals surface area contributed by atoms with Crippen molar-refractivity contribution in [2.45, 2.75) is 76.2 Å². The molecule has 2 aliphatic heterocycles. The van der Waals surface area contributed by atoms with Gasteiger partial charge < -0.3 is 5.73 Å². The standard InChI is InChI=1S/C14H27N3/c1-10-7-12(15)5-6-16(10)14-8-11(2)17(9-14)13-3-4-13/h10-14H,3-9,15H2,1-2H3. The second-order valence-electron chi connectivity index (χ2n) is 6.54. The number of likely N-dealkylation sites (tertiary alicyclic amines) is 2. The lowest BCUT2D eigenvalue weighted by molar-refractivity contribution is 0.0974. The molecule has 2 heterocycles. The summed E-state index contributed by atoms with van der Waals surface area (Å²) in [6, 6.07) is 3.66. The van der Waals surface area contributed by atoms with Gasteiger partial charge in [-0.3, -0.25) is 9.80 Å². The van der Waals surface area contributed by atoms with Gasteiger partial charge in [-0.05, 0) is 46.0 Å². The Bertz CT molecular complexity index is 277. The summed E-state index contributed by atoms with van der Waals surface area (Å²) in [6.07, 6.45) is 6.64. The van der Waals surface area contributed by atoms with Crippen LogP contribution in [-0.4, -0.2) is 53.1 Å². The van der Waals surface area contributed by atoms with Crippen LogP contribution in [0.5, 0.6) is 0 Å². The van der Waals surface area contributed by atoms with Crippen LogP contribution in [0.1, 0.15) is 46.0 Å². The molecule has 98 valence electrons. The van der Waals surface area contributed by atoms with E-state index in [2.05, 4.69) is 23.6 Å². The summed E-state index contributed by atoms with van der Waals surface area (Å²) in [4.78, 5) is 5.49. The van der Waals surface area contributed by atoms with Gasteiger partial charge in [0, 0.05) is 43.3 Å². The van der Waals surface area contributed by atoms with E-state index in [4.69, 9.17) is 5.73 Å². The molecule has 0 aromatic rings. The van der Waals surface area contributed by atoms with Crippen molar-refractivity contribution in [1.82, 2.24) is 9.80 Å². The Hall–Kier alpha value is -0.120. The van der Waals surface area contributed by atoms with Crippen LogP contribution in [0.2, 0.25) is 0 Å². The van der Waals surface area contributed by atoms with Crippen molar-refractivity contribution >= 4 is 0 Å². The summed E-state index contributed by atoms with van der Waals surface area (Å²) in [5.74, 6) is 0. The van der Waals surface area contributed by atoms with Gasteiger partial charge in [-0.1, -0.05) is 0 Å². The molecule has 3 fully saturated rings. The third-order valence-corrected chi connectivity index (χ3v) is 5.05. The van der Waals surface area contributed by atoms with Crippen LogP contribution in [0, 0.1) is 0 Å². The summed E-state index contributed by atoms with van der Waals surface area (Å²) in [5.41, 5.74) is 6.06. The number of nitrogens with two attached hydrogens (primary N) is 1. The Morgan fingerprint density at radius 2 is 1.59 bits per heavy atom. The largest absolute Gasteiger partial charge is 0.328 e. The first kappa shape index (κ1) is 11.9. The molecule has 0 radical (unpaired) electrons. The second-order valence-corrected chi connectivity index (χ2v) is 6.54. The average Bonchev–Trinajstić information content (AvgIpc) is 3.03. The molecule has 0 spiro atoms. The van der Waals surface area contributed by atoms with E-state index in [-0.39, 0.29) is 0 Å². The molecule has 3 heteroatoms. The SMILES string of the molecule is CC1CC(N)CCN1C1CC(C)N(C2CC2)C1. The molecule has 3 aliphatic rings. The molecule has 4 atom stereocenters. The van der Waals surface area contributed by atoms with Crippen molar-refractivity contribution in [3.05, 3.63) is 0 Å². The zero-order valence-corrected chi connectivity index (χ0v) is 11.3. The van der Waals surface area contributed by atoms with Crippen molar-refractivity contribution in [3.63, 3.8) is 0 Å². The molecule has 1 aliphatic carbocycles. The predicted octanol–water partition coefficient (Wildman–Crippen LogP) is 1.42. The quantitative estimate of drug-likeness (QED) is 0.788. The number of nitrogens with zero attached hydrogens (tertiary/aromatic N) is 2. The highest BCUT2D eigenvalue weighted by atomic mass is 15.3. The summed E-state index contributed by atoms with van der Waals surface area (Å²) < 4.78 is 0. The van der Waals surface area contributed by atoms with Gasteiger partial charge in [0.25, 0.3) is 0 Å². The number of hydrogen-bond donors (Lipinski definition) is 1. The maximum atomic E-state index is 6.06. The Morgan fingerprint density at radius 3 is 2.24 bits per heavy atom. The normalized spacial score (nSPS) is 45.4. The highest BCUT2D eigenvalue weighted by molar-refractivity contribution is 4.98. The molecular weight excluding hydrogens is 210 g/mol. The Labute approximate surface area is 105 Å². The first-order chi connectivity index (χ1) is 8.15. The summed E-state index contributed by atoms with van der Waals surface area (Å²) in [7, 11) is 0. The first-order valence-corrected chi connectivity index (χ1v) is 7.42. The zero-order valence-electron chi connectivity index (χ0n) is 11.3. The van der Waals surface area contributed by atoms with Crippen molar-refractivity contribution in [2.24, 2.45) is 5.73 Å². The topological polar surface area (TPSA) is 32.5 Å². The third-order valence-electron chi connectivity index (χ3n) is 5.05. The van der Waals surface area contributed by atoms with E-state index in [1.807, 2.05) is 0 Å². The fraction of sp³-hybridized carbons (Fsp3) is 1.00. The fourth-order valence-electron chi connectivity index (χ4n) is 3.95. The van der Waals surface area contributed by atoms with E-state index in [1.54, 1.807) is 0 Å². The minimum Gasteiger partial charge on any atom is -0.328 e. The van der Waals surface area contributed by atoms with Gasteiger partial charge in [-0.15, -0.1) is 0 Å². The van der Waals surface area contributed by atoms with Gasteiger partial charge in [-0.2, -0.15) is 0 Å². The van der Waals surface area contributed by atoms with Crippen LogP contribution < -0.4 is 5.73 Å². The van der Waals surface area contributed by atoms with Crippen LogP contribution in [0.25, 0.3) is 0 Å². The fourth-order valence-corrected chi connectivity index (χ4v) is 3.95. The molecule has 17 heavy (non-hydrogen) atoms. The molecule has 2 saturated heterocycles. The Balaban J connectivity index is 1.61. The van der Waals surface area contributed by atoms with Crippen LogP contribution in [0.15, 0.2) is 0 Å². The van der Waals surface area contributed by atoms with Crippen molar-refractivity contribution < 1.29 is 0 Å². The molecule has 4 unspecified atom stereocenters. The highest BCUT2D eigenvalue weighted by Gasteiger charge is 2.42.